The summed E-state index contributed by atoms with van der Waals surface area (Å²) in [5.74, 6) is 0.516. The number of carbonyl (C=O) groups is 1. The topological polar surface area (TPSA) is 55.0 Å². The monoisotopic (exact) mass is 162 g/mol. The van der Waals surface area contributed by atoms with Gasteiger partial charge in [0.15, 0.2) is 0 Å². The Morgan fingerprint density at radius 3 is 3.25 bits per heavy atom. The largest absolute Gasteiger partial charge is 0.429 e. The molecule has 2 rings (SSSR count). The molecule has 0 bridgehead atoms. The highest BCUT2D eigenvalue weighted by Gasteiger charge is 1.97. The molecule has 0 aliphatic rings. The van der Waals surface area contributed by atoms with Crippen LogP contribution in [0.3, 0.4) is 0 Å². The second kappa shape index (κ2) is 2.65. The van der Waals surface area contributed by atoms with Crippen molar-refractivity contribution >= 4 is 17.4 Å². The van der Waals surface area contributed by atoms with E-state index in [2.05, 4.69) is 14.9 Å². The Balaban J connectivity index is 2.52. The number of H-pyrrole nitrogens is 1. The predicted molar refractivity (Wildman–Crippen MR) is 42.8 cm³/mol. The summed E-state index contributed by atoms with van der Waals surface area (Å²) in [6.45, 7) is 0.400. The van der Waals surface area contributed by atoms with Gasteiger partial charge < -0.3 is 4.74 Å². The number of hydrogen-bond acceptors (Lipinski definition) is 3. The maximum absolute atomic E-state index is 10.0. The first-order valence-electron chi connectivity index (χ1n) is 3.43. The number of aromatic nitrogens is 2. The summed E-state index contributed by atoms with van der Waals surface area (Å²) >= 11 is 0. The van der Waals surface area contributed by atoms with E-state index in [-0.39, 0.29) is 0 Å². The van der Waals surface area contributed by atoms with Crippen LogP contribution in [0.5, 0.6) is 5.75 Å². The van der Waals surface area contributed by atoms with Gasteiger partial charge in [-0.1, -0.05) is 0 Å². The summed E-state index contributed by atoms with van der Waals surface area (Å²) in [6, 6.07) is 5.26. The fourth-order valence-electron chi connectivity index (χ4n) is 1.05. The highest BCUT2D eigenvalue weighted by atomic mass is 16.5. The van der Waals surface area contributed by atoms with Gasteiger partial charge in [0.2, 0.25) is 0 Å². The van der Waals surface area contributed by atoms with Gasteiger partial charge in [-0.3, -0.25) is 9.89 Å². The zero-order valence-corrected chi connectivity index (χ0v) is 6.15. The number of carbonyl (C=O) groups excluding carboxylic acids is 1. The van der Waals surface area contributed by atoms with Crippen molar-refractivity contribution in [2.45, 2.75) is 0 Å². The van der Waals surface area contributed by atoms with Gasteiger partial charge in [0, 0.05) is 11.5 Å². The molecule has 1 N–H and O–H groups in total. The molecule has 0 radical (unpaired) electrons. The predicted octanol–water partition coefficient (Wildman–Crippen LogP) is 1.10. The summed E-state index contributed by atoms with van der Waals surface area (Å²) < 4.78 is 4.66. The molecule has 4 nitrogen and oxygen atoms in total. The van der Waals surface area contributed by atoms with Crippen LogP contribution in [-0.4, -0.2) is 16.7 Å². The summed E-state index contributed by atoms with van der Waals surface area (Å²) in [5.41, 5.74) is 0.856. The molecule has 4 heteroatoms. The van der Waals surface area contributed by atoms with E-state index < -0.39 is 0 Å². The van der Waals surface area contributed by atoms with E-state index in [1.165, 1.54) is 0 Å². The van der Waals surface area contributed by atoms with Gasteiger partial charge in [0.1, 0.15) is 5.75 Å². The highest BCUT2D eigenvalue weighted by Crippen LogP contribution is 2.17. The molecular weight excluding hydrogens is 156 g/mol. The second-order valence-corrected chi connectivity index (χ2v) is 2.33. The van der Waals surface area contributed by atoms with E-state index in [4.69, 9.17) is 0 Å². The molecule has 0 unspecified atom stereocenters. The first-order chi connectivity index (χ1) is 5.90. The summed E-state index contributed by atoms with van der Waals surface area (Å²) in [7, 11) is 0. The van der Waals surface area contributed by atoms with Crippen LogP contribution < -0.4 is 4.74 Å². The van der Waals surface area contributed by atoms with Crippen LogP contribution in [0.15, 0.2) is 24.4 Å². The Morgan fingerprint density at radius 1 is 1.50 bits per heavy atom. The van der Waals surface area contributed by atoms with Gasteiger partial charge in [-0.2, -0.15) is 5.10 Å². The molecule has 0 fully saturated rings. The Labute approximate surface area is 68.2 Å². The maximum atomic E-state index is 10.0. The number of hydrogen-bond donors (Lipinski definition) is 1. The maximum Gasteiger partial charge on any atom is 0.298 e. The molecule has 0 spiro atoms. The molecule has 0 aliphatic heterocycles. The van der Waals surface area contributed by atoms with Gasteiger partial charge in [0.25, 0.3) is 6.47 Å². The molecule has 0 saturated carbocycles. The molecule has 1 aromatic heterocycles. The minimum atomic E-state index is 0.400. The number of ether oxygens (including phenoxy) is 1. The lowest BCUT2D eigenvalue weighted by Gasteiger charge is -1.95. The second-order valence-electron chi connectivity index (χ2n) is 2.33. The van der Waals surface area contributed by atoms with Crippen LogP contribution in [0.4, 0.5) is 0 Å². The van der Waals surface area contributed by atoms with Crippen LogP contribution in [0, 0.1) is 0 Å². The molecular formula is C8H6N2O2. The number of rotatable bonds is 2. The molecule has 1 heterocycles. The SMILES string of the molecule is O=COc1ccc2cn[nH]c2c1. The van der Waals surface area contributed by atoms with Crippen molar-refractivity contribution < 1.29 is 9.53 Å². The van der Waals surface area contributed by atoms with Gasteiger partial charge in [0.05, 0.1) is 11.7 Å². The summed E-state index contributed by atoms with van der Waals surface area (Å²) in [4.78, 5) is 10.0. The Hall–Kier alpha value is -1.84. The Morgan fingerprint density at radius 2 is 2.42 bits per heavy atom. The van der Waals surface area contributed by atoms with E-state index in [1.807, 2.05) is 6.07 Å². The quantitative estimate of drug-likeness (QED) is 0.672. The molecule has 1 aromatic carbocycles. The van der Waals surface area contributed by atoms with Gasteiger partial charge in [-0.15, -0.1) is 0 Å². The van der Waals surface area contributed by atoms with Gasteiger partial charge in [-0.25, -0.2) is 0 Å². The van der Waals surface area contributed by atoms with E-state index in [1.54, 1.807) is 18.3 Å². The molecule has 0 saturated heterocycles. The molecule has 12 heavy (non-hydrogen) atoms. The smallest absolute Gasteiger partial charge is 0.298 e. The summed E-state index contributed by atoms with van der Waals surface area (Å²) in [5, 5.41) is 7.60. The zero-order valence-electron chi connectivity index (χ0n) is 6.15. The number of aromatic amines is 1. The Kier molecular flexibility index (Phi) is 1.51. The summed E-state index contributed by atoms with van der Waals surface area (Å²) in [6.07, 6.45) is 1.71. The van der Waals surface area contributed by atoms with Crippen LogP contribution >= 0.6 is 0 Å². The number of nitrogens with zero attached hydrogens (tertiary/aromatic N) is 1. The molecule has 0 amide bonds. The van der Waals surface area contributed by atoms with Crippen molar-refractivity contribution in [2.24, 2.45) is 0 Å². The first kappa shape index (κ1) is 6.84. The molecule has 2 aromatic rings. The number of fused-ring (bicyclic) bond motifs is 1. The van der Waals surface area contributed by atoms with E-state index >= 15 is 0 Å². The highest BCUT2D eigenvalue weighted by molar-refractivity contribution is 5.79. The van der Waals surface area contributed by atoms with Crippen molar-refractivity contribution in [1.29, 1.82) is 0 Å². The average molecular weight is 162 g/mol. The Bertz CT molecular complexity index is 408. The van der Waals surface area contributed by atoms with Crippen molar-refractivity contribution in [3.05, 3.63) is 24.4 Å². The number of benzene rings is 1. The van der Waals surface area contributed by atoms with E-state index in [0.717, 1.165) is 10.9 Å². The van der Waals surface area contributed by atoms with Gasteiger partial charge in [-0.05, 0) is 12.1 Å². The lowest BCUT2D eigenvalue weighted by atomic mass is 10.2. The third kappa shape index (κ3) is 1.03. The van der Waals surface area contributed by atoms with Crippen molar-refractivity contribution in [1.82, 2.24) is 10.2 Å². The zero-order chi connectivity index (χ0) is 8.39. The third-order valence-corrected chi connectivity index (χ3v) is 1.60. The van der Waals surface area contributed by atoms with Crippen molar-refractivity contribution in [3.63, 3.8) is 0 Å². The standard InChI is InChI=1S/C8H6N2O2/c11-5-12-7-2-1-6-4-9-10-8(6)3-7/h1-5H,(H,9,10). The fourth-order valence-corrected chi connectivity index (χ4v) is 1.05. The lowest BCUT2D eigenvalue weighted by molar-refractivity contribution is -0.120. The van der Waals surface area contributed by atoms with Crippen LogP contribution in [-0.2, 0) is 4.79 Å². The van der Waals surface area contributed by atoms with Crippen molar-refractivity contribution in [2.75, 3.05) is 0 Å². The fraction of sp³-hybridized carbons (Fsp3) is 0. The number of nitrogens with one attached hydrogen (secondary N) is 1. The van der Waals surface area contributed by atoms with Crippen molar-refractivity contribution in [3.8, 4) is 5.75 Å². The first-order valence-corrected chi connectivity index (χ1v) is 3.43. The average Bonchev–Trinajstić information content (AvgIpc) is 2.51. The third-order valence-electron chi connectivity index (χ3n) is 1.60. The molecule has 0 atom stereocenters. The van der Waals surface area contributed by atoms with Gasteiger partial charge >= 0.3 is 0 Å². The minimum absolute atomic E-state index is 0.400. The normalized spacial score (nSPS) is 10.0. The van der Waals surface area contributed by atoms with E-state index in [9.17, 15) is 4.79 Å². The van der Waals surface area contributed by atoms with Crippen LogP contribution in [0.1, 0.15) is 0 Å². The molecule has 60 valence electrons. The van der Waals surface area contributed by atoms with Crippen LogP contribution in [0.2, 0.25) is 0 Å². The van der Waals surface area contributed by atoms with Crippen LogP contribution in [0.25, 0.3) is 10.9 Å². The van der Waals surface area contributed by atoms with E-state index in [0.29, 0.717) is 12.2 Å². The minimum Gasteiger partial charge on any atom is -0.429 e. The molecule has 0 aliphatic carbocycles. The lowest BCUT2D eigenvalue weighted by Crippen LogP contribution is -1.87.